The summed E-state index contributed by atoms with van der Waals surface area (Å²) in [6.07, 6.45) is 0.166. The summed E-state index contributed by atoms with van der Waals surface area (Å²) < 4.78 is 20.1. The first kappa shape index (κ1) is 20.3. The number of carbonyl (C=O) groups is 1. The third-order valence-electron chi connectivity index (χ3n) is 3.94. The molecule has 7 heteroatoms. The molecule has 4 nitrogen and oxygen atoms in total. The third-order valence-corrected chi connectivity index (χ3v) is 4.62. The molecule has 0 spiro atoms. The molecule has 26 heavy (non-hydrogen) atoms. The van der Waals surface area contributed by atoms with Crippen LogP contribution >= 0.6 is 23.2 Å². The van der Waals surface area contributed by atoms with Crippen LogP contribution in [0.3, 0.4) is 0 Å². The van der Waals surface area contributed by atoms with Gasteiger partial charge in [0.15, 0.2) is 6.61 Å². The maximum absolute atomic E-state index is 14.7. The van der Waals surface area contributed by atoms with Gasteiger partial charge in [-0.1, -0.05) is 43.1 Å². The number of carbonyl (C=O) groups excluding carboxylic acids is 1. The van der Waals surface area contributed by atoms with Crippen molar-refractivity contribution in [3.05, 3.63) is 56.8 Å². The second-order valence-corrected chi connectivity index (χ2v) is 6.94. The molecule has 0 fully saturated rings. The Morgan fingerprint density at radius 3 is 2.42 bits per heavy atom. The van der Waals surface area contributed by atoms with Crippen molar-refractivity contribution in [1.29, 1.82) is 0 Å². The van der Waals surface area contributed by atoms with Crippen molar-refractivity contribution in [3.63, 3.8) is 0 Å². The van der Waals surface area contributed by atoms with Crippen LogP contribution in [0, 0.1) is 5.82 Å². The molecular formula is C19H20Cl2FNO3. The van der Waals surface area contributed by atoms with Crippen LogP contribution < -0.4 is 10.1 Å². The molecule has 0 bridgehead atoms. The number of halogens is 3. The fourth-order valence-corrected chi connectivity index (χ4v) is 3.16. The van der Waals surface area contributed by atoms with Crippen molar-refractivity contribution >= 4 is 29.1 Å². The van der Waals surface area contributed by atoms with E-state index in [1.165, 1.54) is 31.3 Å². The predicted octanol–water partition coefficient (Wildman–Crippen LogP) is 4.68. The summed E-state index contributed by atoms with van der Waals surface area (Å²) in [7, 11) is 1.51. The maximum atomic E-state index is 14.7. The minimum Gasteiger partial charge on any atom is -0.508 e. The van der Waals surface area contributed by atoms with Crippen molar-refractivity contribution in [2.75, 3.05) is 13.7 Å². The SMILES string of the molecule is CNC(=O)COc1cc(Cl)c(Cc2ccc(O)c(C(C)C)c2F)c(Cl)c1. The largest absolute Gasteiger partial charge is 0.508 e. The van der Waals surface area contributed by atoms with E-state index in [1.807, 2.05) is 0 Å². The van der Waals surface area contributed by atoms with E-state index < -0.39 is 5.82 Å². The van der Waals surface area contributed by atoms with E-state index in [4.69, 9.17) is 27.9 Å². The first-order valence-corrected chi connectivity index (χ1v) is 8.81. The molecule has 0 aromatic heterocycles. The standard InChI is InChI=1S/C19H20Cl2FNO3/c1-10(2)18-16(24)5-4-11(19(18)22)6-13-14(20)7-12(8-15(13)21)26-9-17(25)23-3/h4-5,7-8,10,24H,6,9H2,1-3H3,(H,23,25). The van der Waals surface area contributed by atoms with E-state index in [0.717, 1.165) is 0 Å². The van der Waals surface area contributed by atoms with Crippen LogP contribution in [0.5, 0.6) is 11.5 Å². The van der Waals surface area contributed by atoms with E-state index in [0.29, 0.717) is 26.9 Å². The van der Waals surface area contributed by atoms with Crippen LogP contribution in [0.25, 0.3) is 0 Å². The molecular weight excluding hydrogens is 380 g/mol. The number of aromatic hydroxyl groups is 1. The van der Waals surface area contributed by atoms with Gasteiger partial charge in [-0.25, -0.2) is 4.39 Å². The van der Waals surface area contributed by atoms with Crippen LogP contribution in [0.2, 0.25) is 10.0 Å². The van der Waals surface area contributed by atoms with Gasteiger partial charge < -0.3 is 15.2 Å². The summed E-state index contributed by atoms with van der Waals surface area (Å²) in [4.78, 5) is 11.3. The Labute approximate surface area is 161 Å². The van der Waals surface area contributed by atoms with Crippen LogP contribution in [0.4, 0.5) is 4.39 Å². The lowest BCUT2D eigenvalue weighted by Crippen LogP contribution is -2.24. The van der Waals surface area contributed by atoms with Gasteiger partial charge in [0.05, 0.1) is 0 Å². The number of nitrogens with one attached hydrogen (secondary N) is 1. The number of phenolic OH excluding ortho intramolecular Hbond substituents is 1. The van der Waals surface area contributed by atoms with Crippen LogP contribution in [-0.4, -0.2) is 24.7 Å². The van der Waals surface area contributed by atoms with Gasteiger partial charge in [0.2, 0.25) is 0 Å². The molecule has 0 aliphatic rings. The monoisotopic (exact) mass is 399 g/mol. The van der Waals surface area contributed by atoms with Crippen molar-refractivity contribution in [3.8, 4) is 11.5 Å². The zero-order chi connectivity index (χ0) is 19.4. The first-order valence-electron chi connectivity index (χ1n) is 8.06. The normalized spacial score (nSPS) is 10.9. The molecule has 2 aromatic rings. The van der Waals surface area contributed by atoms with E-state index in [2.05, 4.69) is 5.32 Å². The van der Waals surface area contributed by atoms with Gasteiger partial charge in [0.1, 0.15) is 17.3 Å². The molecule has 0 unspecified atom stereocenters. The van der Waals surface area contributed by atoms with Crippen molar-refractivity contribution in [2.24, 2.45) is 0 Å². The molecule has 0 radical (unpaired) electrons. The zero-order valence-electron chi connectivity index (χ0n) is 14.7. The number of amides is 1. The number of hydrogen-bond donors (Lipinski definition) is 2. The lowest BCUT2D eigenvalue weighted by Gasteiger charge is -2.15. The fourth-order valence-electron chi connectivity index (χ4n) is 2.56. The highest BCUT2D eigenvalue weighted by molar-refractivity contribution is 6.36. The van der Waals surface area contributed by atoms with E-state index in [9.17, 15) is 14.3 Å². The highest BCUT2D eigenvalue weighted by Crippen LogP contribution is 2.35. The Morgan fingerprint density at radius 1 is 1.27 bits per heavy atom. The van der Waals surface area contributed by atoms with Crippen molar-refractivity contribution in [1.82, 2.24) is 5.32 Å². The number of benzene rings is 2. The Morgan fingerprint density at radius 2 is 1.88 bits per heavy atom. The zero-order valence-corrected chi connectivity index (χ0v) is 16.2. The first-order chi connectivity index (χ1) is 12.2. The Hall–Kier alpha value is -1.98. The summed E-state index contributed by atoms with van der Waals surface area (Å²) in [5.74, 6) is -0.639. The molecule has 2 rings (SSSR count). The summed E-state index contributed by atoms with van der Waals surface area (Å²) in [5, 5.41) is 12.9. The molecule has 140 valence electrons. The van der Waals surface area contributed by atoms with Gasteiger partial charge >= 0.3 is 0 Å². The minimum absolute atomic E-state index is 0.0728. The predicted molar refractivity (Wildman–Crippen MR) is 101 cm³/mol. The van der Waals surface area contributed by atoms with Crippen LogP contribution in [0.15, 0.2) is 24.3 Å². The second kappa shape index (κ2) is 8.60. The smallest absolute Gasteiger partial charge is 0.257 e. The van der Waals surface area contributed by atoms with Gasteiger partial charge in [-0.3, -0.25) is 4.79 Å². The third kappa shape index (κ3) is 4.59. The van der Waals surface area contributed by atoms with Crippen LogP contribution in [-0.2, 0) is 11.2 Å². The Balaban J connectivity index is 2.31. The molecule has 0 atom stereocenters. The van der Waals surface area contributed by atoms with Crippen LogP contribution in [0.1, 0.15) is 36.5 Å². The summed E-state index contributed by atoms with van der Waals surface area (Å²) in [6.45, 7) is 3.45. The average Bonchev–Trinajstić information content (AvgIpc) is 2.57. The summed E-state index contributed by atoms with van der Waals surface area (Å²) in [6, 6.07) is 6.05. The number of likely N-dealkylation sites (N-methyl/N-ethyl adjacent to an activating group) is 1. The molecule has 2 N–H and O–H groups in total. The lowest BCUT2D eigenvalue weighted by atomic mass is 9.95. The van der Waals surface area contributed by atoms with Gasteiger partial charge in [-0.05, 0) is 35.2 Å². The van der Waals surface area contributed by atoms with Gasteiger partial charge in [-0.2, -0.15) is 0 Å². The quantitative estimate of drug-likeness (QED) is 0.741. The number of hydrogen-bond acceptors (Lipinski definition) is 3. The van der Waals surface area contributed by atoms with Gasteiger partial charge in [0, 0.05) is 29.1 Å². The maximum Gasteiger partial charge on any atom is 0.257 e. The number of ether oxygens (including phenoxy) is 1. The van der Waals surface area contributed by atoms with E-state index in [1.54, 1.807) is 13.8 Å². The molecule has 0 saturated carbocycles. The highest BCUT2D eigenvalue weighted by atomic mass is 35.5. The molecule has 0 saturated heterocycles. The van der Waals surface area contributed by atoms with Crippen molar-refractivity contribution in [2.45, 2.75) is 26.2 Å². The molecule has 0 aliphatic carbocycles. The molecule has 2 aromatic carbocycles. The lowest BCUT2D eigenvalue weighted by molar-refractivity contribution is -0.122. The summed E-state index contributed by atoms with van der Waals surface area (Å²) in [5.41, 5.74) is 1.19. The van der Waals surface area contributed by atoms with Gasteiger partial charge in [-0.15, -0.1) is 0 Å². The van der Waals surface area contributed by atoms with Crippen molar-refractivity contribution < 1.29 is 19.0 Å². The Kier molecular flexibility index (Phi) is 6.73. The minimum atomic E-state index is -0.466. The highest BCUT2D eigenvalue weighted by Gasteiger charge is 2.18. The Bertz CT molecular complexity index is 802. The van der Waals surface area contributed by atoms with Gasteiger partial charge in [0.25, 0.3) is 5.91 Å². The molecule has 0 aliphatic heterocycles. The molecule has 1 amide bonds. The van der Waals surface area contributed by atoms with E-state index >= 15 is 0 Å². The number of rotatable bonds is 6. The topological polar surface area (TPSA) is 58.6 Å². The van der Waals surface area contributed by atoms with E-state index in [-0.39, 0.29) is 36.2 Å². The summed E-state index contributed by atoms with van der Waals surface area (Å²) >= 11 is 12.6. The second-order valence-electron chi connectivity index (χ2n) is 6.13. The molecule has 0 heterocycles. The average molecular weight is 400 g/mol. The fraction of sp³-hybridized carbons (Fsp3) is 0.316. The number of phenols is 1.